The van der Waals surface area contributed by atoms with Crippen molar-refractivity contribution in [3.63, 3.8) is 0 Å². The lowest BCUT2D eigenvalue weighted by molar-refractivity contribution is -0.384. The van der Waals surface area contributed by atoms with Crippen LogP contribution in [0.25, 0.3) is 0 Å². The summed E-state index contributed by atoms with van der Waals surface area (Å²) in [7, 11) is -4.92. The molecule has 1 unspecified atom stereocenters. The van der Waals surface area contributed by atoms with E-state index < -0.39 is 26.2 Å². The summed E-state index contributed by atoms with van der Waals surface area (Å²) < 4.78 is 31.3. The van der Waals surface area contributed by atoms with Gasteiger partial charge in [0.05, 0.1) is 4.92 Å². The number of nitrogens with zero attached hydrogens (tertiary/aromatic N) is 1. The van der Waals surface area contributed by atoms with E-state index in [2.05, 4.69) is 0 Å². The molecule has 82 valence electrons. The van der Waals surface area contributed by atoms with Gasteiger partial charge >= 0.3 is 0 Å². The maximum Gasteiger partial charge on any atom is 0.269 e. The normalized spacial score (nSPS) is 13.5. The lowest BCUT2D eigenvalue weighted by Gasteiger charge is -2.14. The molecular weight excluding hydrogens is 226 g/mol. The Labute approximate surface area is 84.9 Å². The van der Waals surface area contributed by atoms with Gasteiger partial charge in [-0.05, 0) is 0 Å². The van der Waals surface area contributed by atoms with Gasteiger partial charge in [0.15, 0.2) is 5.44 Å². The zero-order valence-electron chi connectivity index (χ0n) is 7.23. The Morgan fingerprint density at radius 1 is 1.40 bits per heavy atom. The molecule has 0 saturated carbocycles. The standard InChI is InChI=1S/C7H7NO6S/c9-7(15(12,13)14)5-2-1-3-6(4-5)8(10)11/h1-4,7,9H,(H,12,13,14)/p-1. The molecule has 1 atom stereocenters. The van der Waals surface area contributed by atoms with Gasteiger partial charge in [0.25, 0.3) is 5.69 Å². The smallest absolute Gasteiger partial charge is 0.269 e. The van der Waals surface area contributed by atoms with Crippen LogP contribution in [0.5, 0.6) is 0 Å². The average molecular weight is 232 g/mol. The molecule has 1 aromatic rings. The molecule has 8 heteroatoms. The number of aliphatic hydroxyl groups is 1. The molecule has 7 nitrogen and oxygen atoms in total. The number of nitro benzene ring substituents is 1. The molecule has 0 aliphatic carbocycles. The summed E-state index contributed by atoms with van der Waals surface area (Å²) in [6.45, 7) is 0. The van der Waals surface area contributed by atoms with Crippen molar-refractivity contribution >= 4 is 15.8 Å². The molecule has 0 aromatic heterocycles. The number of nitro groups is 1. The van der Waals surface area contributed by atoms with Crippen LogP contribution in [0.4, 0.5) is 5.69 Å². The largest absolute Gasteiger partial charge is 0.746 e. The molecule has 15 heavy (non-hydrogen) atoms. The maximum atomic E-state index is 10.4. The van der Waals surface area contributed by atoms with Crippen molar-refractivity contribution in [1.82, 2.24) is 0 Å². The highest BCUT2D eigenvalue weighted by atomic mass is 32.2. The second kappa shape index (κ2) is 3.93. The van der Waals surface area contributed by atoms with E-state index in [1.165, 1.54) is 6.07 Å². The fraction of sp³-hybridized carbons (Fsp3) is 0.143. The molecular formula is C7H6NO6S-. The van der Waals surface area contributed by atoms with Crippen molar-refractivity contribution < 1.29 is 23.0 Å². The minimum Gasteiger partial charge on any atom is -0.746 e. The maximum absolute atomic E-state index is 10.4. The molecule has 1 rings (SSSR count). The molecule has 0 aliphatic rings. The van der Waals surface area contributed by atoms with Crippen LogP contribution in [0.2, 0.25) is 0 Å². The third-order valence-corrected chi connectivity index (χ3v) is 2.46. The Bertz CT molecular complexity index is 482. The number of aliphatic hydroxyl groups excluding tert-OH is 1. The van der Waals surface area contributed by atoms with Crippen LogP contribution < -0.4 is 0 Å². The lowest BCUT2D eigenvalue weighted by Crippen LogP contribution is -2.11. The Morgan fingerprint density at radius 2 is 2.00 bits per heavy atom. The summed E-state index contributed by atoms with van der Waals surface area (Å²) in [4.78, 5) is 9.57. The van der Waals surface area contributed by atoms with Crippen LogP contribution in [-0.2, 0) is 10.1 Å². The first-order valence-corrected chi connectivity index (χ1v) is 5.16. The third kappa shape index (κ3) is 2.72. The Balaban J connectivity index is 3.17. The molecule has 0 heterocycles. The SMILES string of the molecule is O=[N+]([O-])c1cccc(C(O)S(=O)(=O)[O-])c1. The van der Waals surface area contributed by atoms with Gasteiger partial charge in [-0.15, -0.1) is 0 Å². The molecule has 0 spiro atoms. The van der Waals surface area contributed by atoms with Gasteiger partial charge in [-0.3, -0.25) is 10.1 Å². The number of hydrogen-bond acceptors (Lipinski definition) is 6. The summed E-state index contributed by atoms with van der Waals surface area (Å²) in [5.74, 6) is 0. The second-order valence-corrected chi connectivity index (χ2v) is 4.13. The summed E-state index contributed by atoms with van der Waals surface area (Å²) in [6, 6.07) is 4.25. The summed E-state index contributed by atoms with van der Waals surface area (Å²) in [5.41, 5.74) is -2.99. The molecule has 1 N–H and O–H groups in total. The van der Waals surface area contributed by atoms with Gasteiger partial charge in [0.2, 0.25) is 0 Å². The molecule has 0 fully saturated rings. The predicted molar refractivity (Wildman–Crippen MR) is 47.8 cm³/mol. The van der Waals surface area contributed by atoms with E-state index in [1.54, 1.807) is 0 Å². The minimum absolute atomic E-state index is 0.320. The van der Waals surface area contributed by atoms with Crippen molar-refractivity contribution in [3.05, 3.63) is 39.9 Å². The lowest BCUT2D eigenvalue weighted by atomic mass is 10.2. The number of rotatable bonds is 3. The molecule has 0 radical (unpaired) electrons. The van der Waals surface area contributed by atoms with E-state index in [0.717, 1.165) is 18.2 Å². The topological polar surface area (TPSA) is 121 Å². The minimum atomic E-state index is -4.92. The van der Waals surface area contributed by atoms with Crippen molar-refractivity contribution in [3.8, 4) is 0 Å². The van der Waals surface area contributed by atoms with Crippen molar-refractivity contribution in [1.29, 1.82) is 0 Å². The number of hydrogen-bond donors (Lipinski definition) is 1. The van der Waals surface area contributed by atoms with Gasteiger partial charge in [0.1, 0.15) is 10.1 Å². The number of non-ortho nitro benzene ring substituents is 1. The molecule has 0 saturated heterocycles. The van der Waals surface area contributed by atoms with Crippen LogP contribution in [0.15, 0.2) is 24.3 Å². The van der Waals surface area contributed by atoms with Gasteiger partial charge in [-0.2, -0.15) is 0 Å². The van der Waals surface area contributed by atoms with E-state index in [1.807, 2.05) is 0 Å². The first kappa shape index (κ1) is 11.6. The van der Waals surface area contributed by atoms with Crippen LogP contribution in [0, 0.1) is 10.1 Å². The Kier molecular flexibility index (Phi) is 3.03. The highest BCUT2D eigenvalue weighted by Gasteiger charge is 2.17. The summed E-state index contributed by atoms with van der Waals surface area (Å²) in [5, 5.41) is 19.4. The monoisotopic (exact) mass is 232 g/mol. The van der Waals surface area contributed by atoms with Gasteiger partial charge in [0, 0.05) is 17.7 Å². The van der Waals surface area contributed by atoms with E-state index in [0.29, 0.717) is 0 Å². The van der Waals surface area contributed by atoms with Crippen molar-refractivity contribution in [2.24, 2.45) is 0 Å². The van der Waals surface area contributed by atoms with E-state index in [9.17, 15) is 23.1 Å². The van der Waals surface area contributed by atoms with Gasteiger partial charge in [-0.25, -0.2) is 8.42 Å². The average Bonchev–Trinajstić information content (AvgIpc) is 2.15. The van der Waals surface area contributed by atoms with Crippen LogP contribution in [-0.4, -0.2) is 23.0 Å². The van der Waals surface area contributed by atoms with E-state index in [4.69, 9.17) is 5.11 Å². The molecule has 0 amide bonds. The predicted octanol–water partition coefficient (Wildman–Crippen LogP) is 0.131. The zero-order valence-corrected chi connectivity index (χ0v) is 8.05. The fourth-order valence-electron chi connectivity index (χ4n) is 0.959. The number of benzene rings is 1. The van der Waals surface area contributed by atoms with Crippen LogP contribution >= 0.6 is 0 Å². The quantitative estimate of drug-likeness (QED) is 0.449. The Morgan fingerprint density at radius 3 is 2.47 bits per heavy atom. The first-order valence-electron chi connectivity index (χ1n) is 3.69. The third-order valence-electron chi connectivity index (χ3n) is 1.64. The first-order chi connectivity index (χ1) is 6.82. The molecule has 0 aliphatic heterocycles. The Hall–Kier alpha value is -1.51. The highest BCUT2D eigenvalue weighted by Crippen LogP contribution is 2.22. The van der Waals surface area contributed by atoms with E-state index >= 15 is 0 Å². The van der Waals surface area contributed by atoms with E-state index in [-0.39, 0.29) is 5.56 Å². The van der Waals surface area contributed by atoms with Crippen LogP contribution in [0.3, 0.4) is 0 Å². The summed E-state index contributed by atoms with van der Waals surface area (Å²) in [6.07, 6.45) is 0. The van der Waals surface area contributed by atoms with Crippen molar-refractivity contribution in [2.75, 3.05) is 0 Å². The van der Waals surface area contributed by atoms with Gasteiger partial charge in [-0.1, -0.05) is 12.1 Å². The zero-order chi connectivity index (χ0) is 11.6. The fourth-order valence-corrected chi connectivity index (χ4v) is 1.44. The highest BCUT2D eigenvalue weighted by molar-refractivity contribution is 7.85. The van der Waals surface area contributed by atoms with Crippen molar-refractivity contribution in [2.45, 2.75) is 5.44 Å². The van der Waals surface area contributed by atoms with Crippen LogP contribution in [0.1, 0.15) is 11.0 Å². The molecule has 1 aromatic carbocycles. The van der Waals surface area contributed by atoms with Gasteiger partial charge < -0.3 is 9.66 Å². The molecule has 0 bridgehead atoms. The summed E-state index contributed by atoms with van der Waals surface area (Å²) >= 11 is 0. The second-order valence-electron chi connectivity index (χ2n) is 2.70.